The van der Waals surface area contributed by atoms with Gasteiger partial charge in [-0.25, -0.2) is 0 Å². The highest BCUT2D eigenvalue weighted by atomic mass is 32.1. The number of hydrogen-bond acceptors (Lipinski definition) is 3. The Labute approximate surface area is 146 Å². The number of nitrogens with one attached hydrogen (secondary N) is 2. The van der Waals surface area contributed by atoms with Crippen LogP contribution < -0.4 is 16.5 Å². The summed E-state index contributed by atoms with van der Waals surface area (Å²) < 4.78 is 2.09. The molecule has 1 aromatic carbocycles. The van der Waals surface area contributed by atoms with Gasteiger partial charge in [-0.3, -0.25) is 10.2 Å². The van der Waals surface area contributed by atoms with Gasteiger partial charge in [0.05, 0.1) is 6.21 Å². The predicted octanol–water partition coefficient (Wildman–Crippen LogP) is 2.01. The van der Waals surface area contributed by atoms with Crippen molar-refractivity contribution in [3.05, 3.63) is 52.8 Å². The number of nitrogens with two attached hydrogens (primary N) is 1. The molecule has 7 heteroatoms. The number of amides is 1. The fraction of sp³-hybridized carbons (Fsp3) is 0.235. The Bertz CT molecular complexity index is 777. The van der Waals surface area contributed by atoms with Gasteiger partial charge >= 0.3 is 0 Å². The maximum Gasteiger partial charge on any atom is 0.248 e. The maximum absolute atomic E-state index is 11.2. The zero-order chi connectivity index (χ0) is 17.7. The van der Waals surface area contributed by atoms with Crippen LogP contribution in [0.4, 0.5) is 0 Å². The number of benzene rings is 1. The summed E-state index contributed by atoms with van der Waals surface area (Å²) >= 11 is 5.06. The van der Waals surface area contributed by atoms with Crippen molar-refractivity contribution in [1.82, 2.24) is 15.3 Å². The van der Waals surface area contributed by atoms with Gasteiger partial charge in [0.25, 0.3) is 0 Å². The second-order valence-electron chi connectivity index (χ2n) is 5.30. The molecule has 2 rings (SSSR count). The van der Waals surface area contributed by atoms with E-state index in [4.69, 9.17) is 18.0 Å². The quantitative estimate of drug-likeness (QED) is 0.440. The molecule has 1 amide bonds. The molecule has 1 heterocycles. The molecule has 0 fully saturated rings. The number of aryl methyl sites for hydroxylation is 1. The summed E-state index contributed by atoms with van der Waals surface area (Å²) in [5.41, 5.74) is 12.6. The van der Waals surface area contributed by atoms with Gasteiger partial charge in [-0.05, 0) is 63.3 Å². The molecule has 0 aliphatic heterocycles. The molecule has 0 radical (unpaired) electrons. The molecule has 2 aromatic rings. The highest BCUT2D eigenvalue weighted by Crippen LogP contribution is 2.20. The number of carbonyl (C=O) groups excluding carboxylic acids is 1. The van der Waals surface area contributed by atoms with Crippen molar-refractivity contribution in [2.45, 2.75) is 20.8 Å². The van der Waals surface area contributed by atoms with Gasteiger partial charge in [0.15, 0.2) is 5.11 Å². The molecule has 0 spiro atoms. The summed E-state index contributed by atoms with van der Waals surface area (Å²) in [7, 11) is 0. The van der Waals surface area contributed by atoms with E-state index in [1.807, 2.05) is 39.0 Å². The van der Waals surface area contributed by atoms with Crippen LogP contribution in [0.15, 0.2) is 35.4 Å². The van der Waals surface area contributed by atoms with Gasteiger partial charge < -0.3 is 15.6 Å². The smallest absolute Gasteiger partial charge is 0.248 e. The van der Waals surface area contributed by atoms with Crippen molar-refractivity contribution in [2.24, 2.45) is 10.8 Å². The third-order valence-corrected chi connectivity index (χ3v) is 3.82. The van der Waals surface area contributed by atoms with Crippen molar-refractivity contribution in [2.75, 3.05) is 6.54 Å². The molecule has 1 aromatic heterocycles. The molecule has 0 unspecified atom stereocenters. The van der Waals surface area contributed by atoms with Crippen LogP contribution in [-0.2, 0) is 0 Å². The monoisotopic (exact) mass is 343 g/mol. The first-order valence-electron chi connectivity index (χ1n) is 7.60. The Balaban J connectivity index is 2.24. The Morgan fingerprint density at radius 2 is 2.00 bits per heavy atom. The fourth-order valence-corrected chi connectivity index (χ4v) is 2.65. The Morgan fingerprint density at radius 1 is 1.33 bits per heavy atom. The standard InChI is InChI=1S/C17H21N5OS/c1-4-19-17(24)21-20-10-14-9-11(2)22(12(14)3)15-7-5-13(6-8-15)16(18)23/h5-10H,4H2,1-3H3,(H2,18,23)(H2,19,21,24). The maximum atomic E-state index is 11.2. The van der Waals surface area contributed by atoms with E-state index in [1.165, 1.54) is 0 Å². The highest BCUT2D eigenvalue weighted by molar-refractivity contribution is 7.80. The summed E-state index contributed by atoms with van der Waals surface area (Å²) in [6.07, 6.45) is 1.74. The molecular weight excluding hydrogens is 322 g/mol. The number of thiocarbonyl (C=S) groups is 1. The molecule has 0 saturated carbocycles. The van der Waals surface area contributed by atoms with E-state index in [1.54, 1.807) is 18.3 Å². The molecule has 0 saturated heterocycles. The van der Waals surface area contributed by atoms with Gasteiger partial charge in [-0.2, -0.15) is 5.10 Å². The summed E-state index contributed by atoms with van der Waals surface area (Å²) in [4.78, 5) is 11.2. The number of hydrogen-bond donors (Lipinski definition) is 3. The number of primary amides is 1. The SMILES string of the molecule is CCNC(=S)NN=Cc1cc(C)n(-c2ccc(C(N)=O)cc2)c1C. The molecular formula is C17H21N5OS. The number of rotatable bonds is 5. The topological polar surface area (TPSA) is 84.4 Å². The van der Waals surface area contributed by atoms with Crippen LogP contribution in [0.3, 0.4) is 0 Å². The van der Waals surface area contributed by atoms with Crippen LogP contribution in [0, 0.1) is 13.8 Å². The molecule has 126 valence electrons. The van der Waals surface area contributed by atoms with Gasteiger partial charge in [-0.15, -0.1) is 0 Å². The zero-order valence-corrected chi connectivity index (χ0v) is 14.8. The lowest BCUT2D eigenvalue weighted by Gasteiger charge is -2.10. The van der Waals surface area contributed by atoms with E-state index in [9.17, 15) is 4.79 Å². The van der Waals surface area contributed by atoms with E-state index in [2.05, 4.69) is 20.4 Å². The van der Waals surface area contributed by atoms with Gasteiger partial charge in [0.1, 0.15) is 0 Å². The van der Waals surface area contributed by atoms with Crippen LogP contribution in [0.1, 0.15) is 34.2 Å². The van der Waals surface area contributed by atoms with Crippen LogP contribution in [-0.4, -0.2) is 28.3 Å². The summed E-state index contributed by atoms with van der Waals surface area (Å²) in [6, 6.07) is 9.24. The third-order valence-electron chi connectivity index (χ3n) is 3.59. The van der Waals surface area contributed by atoms with E-state index >= 15 is 0 Å². The summed E-state index contributed by atoms with van der Waals surface area (Å²) in [6.45, 7) is 6.74. The van der Waals surface area contributed by atoms with Gasteiger partial charge in [0.2, 0.25) is 5.91 Å². The first-order valence-corrected chi connectivity index (χ1v) is 8.01. The number of hydrazone groups is 1. The number of nitrogens with zero attached hydrogens (tertiary/aromatic N) is 2. The van der Waals surface area contributed by atoms with Gasteiger partial charge in [-0.1, -0.05) is 0 Å². The summed E-state index contributed by atoms with van der Waals surface area (Å²) in [5.74, 6) is -0.432. The second kappa shape index (κ2) is 7.74. The predicted molar refractivity (Wildman–Crippen MR) is 101 cm³/mol. The average molecular weight is 343 g/mol. The molecule has 0 aliphatic carbocycles. The van der Waals surface area contributed by atoms with E-state index in [0.29, 0.717) is 10.7 Å². The molecule has 4 N–H and O–H groups in total. The third kappa shape index (κ3) is 3.99. The van der Waals surface area contributed by atoms with Gasteiger partial charge in [0, 0.05) is 34.7 Å². The van der Waals surface area contributed by atoms with E-state index < -0.39 is 5.91 Å². The minimum atomic E-state index is -0.432. The van der Waals surface area contributed by atoms with E-state index in [0.717, 1.165) is 29.2 Å². The Morgan fingerprint density at radius 3 is 2.58 bits per heavy atom. The molecule has 0 atom stereocenters. The lowest BCUT2D eigenvalue weighted by Crippen LogP contribution is -2.31. The van der Waals surface area contributed by atoms with Crippen LogP contribution in [0.5, 0.6) is 0 Å². The minimum absolute atomic E-state index is 0.432. The largest absolute Gasteiger partial charge is 0.366 e. The fourth-order valence-electron chi connectivity index (χ4n) is 2.45. The normalized spacial score (nSPS) is 10.8. The van der Waals surface area contributed by atoms with Crippen molar-refractivity contribution < 1.29 is 4.79 Å². The van der Waals surface area contributed by atoms with Crippen LogP contribution in [0.2, 0.25) is 0 Å². The molecule has 0 bridgehead atoms. The van der Waals surface area contributed by atoms with E-state index in [-0.39, 0.29) is 0 Å². The first-order chi connectivity index (χ1) is 11.4. The number of aromatic nitrogens is 1. The van der Waals surface area contributed by atoms with Crippen LogP contribution in [0.25, 0.3) is 5.69 Å². The lowest BCUT2D eigenvalue weighted by molar-refractivity contribution is 0.100. The zero-order valence-electron chi connectivity index (χ0n) is 14.0. The molecule has 24 heavy (non-hydrogen) atoms. The number of carbonyl (C=O) groups is 1. The molecule has 6 nitrogen and oxygen atoms in total. The van der Waals surface area contributed by atoms with Crippen molar-refractivity contribution in [3.8, 4) is 5.69 Å². The van der Waals surface area contributed by atoms with Crippen molar-refractivity contribution in [1.29, 1.82) is 0 Å². The summed E-state index contributed by atoms with van der Waals surface area (Å²) in [5, 5.41) is 7.61. The second-order valence-corrected chi connectivity index (χ2v) is 5.71. The van der Waals surface area contributed by atoms with Crippen molar-refractivity contribution in [3.63, 3.8) is 0 Å². The lowest BCUT2D eigenvalue weighted by atomic mass is 10.2. The Hall–Kier alpha value is -2.67. The first kappa shape index (κ1) is 17.7. The van der Waals surface area contributed by atoms with Crippen molar-refractivity contribution >= 4 is 29.5 Å². The van der Waals surface area contributed by atoms with Crippen LogP contribution >= 0.6 is 12.2 Å². The average Bonchev–Trinajstić information content (AvgIpc) is 2.82. The minimum Gasteiger partial charge on any atom is -0.366 e. The molecule has 0 aliphatic rings. The highest BCUT2D eigenvalue weighted by Gasteiger charge is 2.10. The Kier molecular flexibility index (Phi) is 5.70.